The number of piperazine rings is 1. The third kappa shape index (κ3) is 5.46. The zero-order valence-corrected chi connectivity index (χ0v) is 17.8. The number of nitrogens with zero attached hydrogens (tertiary/aromatic N) is 2. The second-order valence-electron chi connectivity index (χ2n) is 6.60. The second-order valence-corrected chi connectivity index (χ2v) is 9.35. The Morgan fingerprint density at radius 1 is 1.07 bits per heavy atom. The molecule has 1 heterocycles. The molecule has 156 valence electrons. The third-order valence-electron chi connectivity index (χ3n) is 4.65. The molecular formula is C19H20Cl2FN3O3S. The van der Waals surface area contributed by atoms with Crippen molar-refractivity contribution >= 4 is 44.8 Å². The Morgan fingerprint density at radius 3 is 2.41 bits per heavy atom. The Kier molecular flexibility index (Phi) is 7.13. The fraction of sp³-hybridized carbons (Fsp3) is 0.316. The summed E-state index contributed by atoms with van der Waals surface area (Å²) in [6.45, 7) is 2.04. The van der Waals surface area contributed by atoms with Crippen LogP contribution in [0.5, 0.6) is 0 Å². The lowest BCUT2D eigenvalue weighted by molar-refractivity contribution is -0.116. The monoisotopic (exact) mass is 459 g/mol. The van der Waals surface area contributed by atoms with Gasteiger partial charge in [-0.3, -0.25) is 4.79 Å². The molecule has 0 spiro atoms. The van der Waals surface area contributed by atoms with Crippen LogP contribution in [0.25, 0.3) is 0 Å². The maximum atomic E-state index is 13.7. The molecule has 0 saturated carbocycles. The lowest BCUT2D eigenvalue weighted by Gasteiger charge is -2.34. The van der Waals surface area contributed by atoms with Gasteiger partial charge in [-0.25, -0.2) is 12.8 Å². The average molecular weight is 460 g/mol. The molecule has 0 radical (unpaired) electrons. The highest BCUT2D eigenvalue weighted by atomic mass is 35.5. The zero-order valence-electron chi connectivity index (χ0n) is 15.4. The van der Waals surface area contributed by atoms with E-state index in [0.717, 1.165) is 6.07 Å². The molecule has 0 unspecified atom stereocenters. The minimum Gasteiger partial charge on any atom is -0.324 e. The first-order valence-electron chi connectivity index (χ1n) is 8.99. The molecule has 1 aliphatic heterocycles. The van der Waals surface area contributed by atoms with E-state index < -0.39 is 15.8 Å². The van der Waals surface area contributed by atoms with E-state index in [4.69, 9.17) is 23.2 Å². The lowest BCUT2D eigenvalue weighted by atomic mass is 10.2. The molecule has 0 aliphatic carbocycles. The quantitative estimate of drug-likeness (QED) is 0.717. The summed E-state index contributed by atoms with van der Waals surface area (Å²) in [6, 6.07) is 10.4. The Balaban J connectivity index is 1.50. The third-order valence-corrected chi connectivity index (χ3v) is 7.28. The molecule has 6 nitrogen and oxygen atoms in total. The van der Waals surface area contributed by atoms with Crippen LogP contribution in [-0.4, -0.2) is 56.3 Å². The molecule has 2 aromatic carbocycles. The van der Waals surface area contributed by atoms with Crippen molar-refractivity contribution in [3.05, 3.63) is 58.3 Å². The topological polar surface area (TPSA) is 69.7 Å². The van der Waals surface area contributed by atoms with Crippen LogP contribution in [0.4, 0.5) is 10.1 Å². The van der Waals surface area contributed by atoms with E-state index in [1.807, 2.05) is 4.90 Å². The summed E-state index contributed by atoms with van der Waals surface area (Å²) in [7, 11) is -3.65. The predicted octanol–water partition coefficient (Wildman–Crippen LogP) is 3.47. The highest BCUT2D eigenvalue weighted by Crippen LogP contribution is 2.25. The van der Waals surface area contributed by atoms with E-state index >= 15 is 0 Å². The summed E-state index contributed by atoms with van der Waals surface area (Å²) in [4.78, 5) is 14.2. The van der Waals surface area contributed by atoms with Crippen LogP contribution < -0.4 is 5.32 Å². The van der Waals surface area contributed by atoms with Gasteiger partial charge in [0.2, 0.25) is 15.9 Å². The average Bonchev–Trinajstić information content (AvgIpc) is 2.69. The predicted molar refractivity (Wildman–Crippen MR) is 111 cm³/mol. The van der Waals surface area contributed by atoms with E-state index in [1.165, 1.54) is 22.5 Å². The molecule has 1 amide bonds. The standard InChI is InChI=1S/C19H20Cl2FN3O3S/c20-14-5-6-17(16(22)13-14)23-19(26)7-8-24-9-11-25(12-10-24)29(27,28)18-4-2-1-3-15(18)21/h1-6,13H,7-12H2,(H,23,26). The summed E-state index contributed by atoms with van der Waals surface area (Å²) < 4.78 is 40.7. The molecular weight excluding hydrogens is 440 g/mol. The van der Waals surface area contributed by atoms with Crippen LogP contribution in [0.3, 0.4) is 0 Å². The van der Waals surface area contributed by atoms with Crippen molar-refractivity contribution in [1.82, 2.24) is 9.21 Å². The summed E-state index contributed by atoms with van der Waals surface area (Å²) in [5.41, 5.74) is 0.0788. The van der Waals surface area contributed by atoms with E-state index in [1.54, 1.807) is 18.2 Å². The molecule has 29 heavy (non-hydrogen) atoms. The molecule has 1 N–H and O–H groups in total. The molecule has 0 bridgehead atoms. The van der Waals surface area contributed by atoms with Crippen molar-refractivity contribution in [2.75, 3.05) is 38.0 Å². The number of hydrogen-bond donors (Lipinski definition) is 1. The van der Waals surface area contributed by atoms with Gasteiger partial charge in [0.25, 0.3) is 0 Å². The fourth-order valence-electron chi connectivity index (χ4n) is 3.05. The maximum Gasteiger partial charge on any atom is 0.244 e. The van der Waals surface area contributed by atoms with E-state index in [-0.39, 0.29) is 33.0 Å². The number of hydrogen-bond acceptors (Lipinski definition) is 4. The summed E-state index contributed by atoms with van der Waals surface area (Å²) in [5.74, 6) is -0.915. The highest BCUT2D eigenvalue weighted by molar-refractivity contribution is 7.89. The van der Waals surface area contributed by atoms with E-state index in [9.17, 15) is 17.6 Å². The van der Waals surface area contributed by atoms with Crippen LogP contribution in [0.1, 0.15) is 6.42 Å². The molecule has 0 atom stereocenters. The van der Waals surface area contributed by atoms with Crippen molar-refractivity contribution in [3.8, 4) is 0 Å². The van der Waals surface area contributed by atoms with Crippen molar-refractivity contribution in [3.63, 3.8) is 0 Å². The van der Waals surface area contributed by atoms with E-state index in [2.05, 4.69) is 5.32 Å². The van der Waals surface area contributed by atoms with Gasteiger partial charge in [-0.2, -0.15) is 4.31 Å². The number of sulfonamides is 1. The van der Waals surface area contributed by atoms with Gasteiger partial charge in [0.05, 0.1) is 10.7 Å². The summed E-state index contributed by atoms with van der Waals surface area (Å²) in [5, 5.41) is 2.97. The molecule has 2 aromatic rings. The first-order valence-corrected chi connectivity index (χ1v) is 11.2. The first-order chi connectivity index (χ1) is 13.8. The van der Waals surface area contributed by atoms with Gasteiger partial charge in [0, 0.05) is 44.2 Å². The smallest absolute Gasteiger partial charge is 0.244 e. The number of amides is 1. The molecule has 1 fully saturated rings. The highest BCUT2D eigenvalue weighted by Gasteiger charge is 2.29. The van der Waals surface area contributed by atoms with Crippen LogP contribution in [0.2, 0.25) is 10.0 Å². The van der Waals surface area contributed by atoms with Gasteiger partial charge in [0.15, 0.2) is 0 Å². The van der Waals surface area contributed by atoms with Gasteiger partial charge in [-0.1, -0.05) is 35.3 Å². The van der Waals surface area contributed by atoms with Crippen molar-refractivity contribution < 1.29 is 17.6 Å². The number of benzene rings is 2. The fourth-order valence-corrected chi connectivity index (χ4v) is 5.12. The molecule has 0 aromatic heterocycles. The largest absolute Gasteiger partial charge is 0.324 e. The van der Waals surface area contributed by atoms with Crippen molar-refractivity contribution in [2.24, 2.45) is 0 Å². The van der Waals surface area contributed by atoms with Crippen LogP contribution in [0.15, 0.2) is 47.4 Å². The van der Waals surface area contributed by atoms with Gasteiger partial charge in [-0.15, -0.1) is 0 Å². The number of nitrogens with one attached hydrogen (secondary N) is 1. The molecule has 10 heteroatoms. The number of rotatable bonds is 6. The summed E-state index contributed by atoms with van der Waals surface area (Å²) in [6.07, 6.45) is 0.166. The van der Waals surface area contributed by atoms with Crippen LogP contribution in [-0.2, 0) is 14.8 Å². The van der Waals surface area contributed by atoms with E-state index in [0.29, 0.717) is 32.7 Å². The number of anilines is 1. The van der Waals surface area contributed by atoms with Gasteiger partial charge in [-0.05, 0) is 30.3 Å². The summed E-state index contributed by atoms with van der Waals surface area (Å²) >= 11 is 11.7. The van der Waals surface area contributed by atoms with Crippen LogP contribution >= 0.6 is 23.2 Å². The van der Waals surface area contributed by atoms with Gasteiger partial charge in [0.1, 0.15) is 10.7 Å². The normalized spacial score (nSPS) is 16.0. The Hall–Kier alpha value is -1.71. The Bertz CT molecular complexity index is 996. The van der Waals surface area contributed by atoms with Gasteiger partial charge >= 0.3 is 0 Å². The lowest BCUT2D eigenvalue weighted by Crippen LogP contribution is -2.49. The molecule has 1 saturated heterocycles. The minimum absolute atomic E-state index is 0.0788. The second kappa shape index (κ2) is 9.40. The molecule has 3 rings (SSSR count). The number of halogens is 3. The minimum atomic E-state index is -3.65. The van der Waals surface area contributed by atoms with Crippen LogP contribution in [0, 0.1) is 5.82 Å². The number of carbonyl (C=O) groups excluding carboxylic acids is 1. The number of carbonyl (C=O) groups is 1. The Morgan fingerprint density at radius 2 is 1.76 bits per heavy atom. The van der Waals surface area contributed by atoms with Gasteiger partial charge < -0.3 is 10.2 Å². The van der Waals surface area contributed by atoms with Crippen molar-refractivity contribution in [1.29, 1.82) is 0 Å². The first kappa shape index (κ1) is 22.0. The SMILES string of the molecule is O=C(CCN1CCN(S(=O)(=O)c2ccccc2Cl)CC1)Nc1ccc(Cl)cc1F. The zero-order chi connectivity index (χ0) is 21.0. The maximum absolute atomic E-state index is 13.7. The molecule has 1 aliphatic rings. The van der Waals surface area contributed by atoms with Crippen molar-refractivity contribution in [2.45, 2.75) is 11.3 Å². The Labute approximate surface area is 179 Å².